The molecule has 2 aliphatic heterocycles. The van der Waals surface area contributed by atoms with Gasteiger partial charge in [-0.25, -0.2) is 0 Å². The lowest BCUT2D eigenvalue weighted by Gasteiger charge is -2.37. The Labute approximate surface area is 124 Å². The molecule has 3 unspecified atom stereocenters. The minimum absolute atomic E-state index is 0.0116. The van der Waals surface area contributed by atoms with Crippen LogP contribution < -0.4 is 16.4 Å². The number of hydrogen-bond donors (Lipinski definition) is 3. The molecule has 6 nitrogen and oxygen atoms in total. The zero-order valence-corrected chi connectivity index (χ0v) is 12.1. The van der Waals surface area contributed by atoms with Crippen LogP contribution in [0.5, 0.6) is 0 Å². The second kappa shape index (κ2) is 5.40. The van der Waals surface area contributed by atoms with Crippen LogP contribution in [-0.2, 0) is 14.4 Å². The van der Waals surface area contributed by atoms with Gasteiger partial charge in [-0.15, -0.1) is 0 Å². The van der Waals surface area contributed by atoms with Gasteiger partial charge in [-0.05, 0) is 44.1 Å². The van der Waals surface area contributed by atoms with Crippen molar-refractivity contribution in [1.82, 2.24) is 10.6 Å². The van der Waals surface area contributed by atoms with Crippen LogP contribution >= 0.6 is 0 Å². The molecule has 3 aliphatic rings. The van der Waals surface area contributed by atoms with Gasteiger partial charge < -0.3 is 21.2 Å². The fourth-order valence-corrected chi connectivity index (χ4v) is 4.70. The second-order valence-electron chi connectivity index (χ2n) is 6.67. The van der Waals surface area contributed by atoms with Crippen LogP contribution in [-0.4, -0.2) is 36.7 Å². The average molecular weight is 293 g/mol. The highest BCUT2D eigenvalue weighted by atomic mass is 16.2. The number of aldehydes is 1. The number of nitrogens with one attached hydrogen (secondary N) is 2. The summed E-state index contributed by atoms with van der Waals surface area (Å²) in [6, 6.07) is 0. The SMILES string of the molecule is NC(=O)C1([C@@H](C=O)C[C@H]2CCNC2=O)NCC2CCCC21. The van der Waals surface area contributed by atoms with Crippen LogP contribution in [0.25, 0.3) is 0 Å². The molecule has 1 saturated carbocycles. The molecule has 0 radical (unpaired) electrons. The fraction of sp³-hybridized carbons (Fsp3) is 0.800. The molecule has 3 fully saturated rings. The smallest absolute Gasteiger partial charge is 0.238 e. The third-order valence-electron chi connectivity index (χ3n) is 5.76. The quantitative estimate of drug-likeness (QED) is 0.599. The third-order valence-corrected chi connectivity index (χ3v) is 5.76. The van der Waals surface area contributed by atoms with Gasteiger partial charge in [-0.2, -0.15) is 0 Å². The van der Waals surface area contributed by atoms with Gasteiger partial charge in [-0.1, -0.05) is 6.42 Å². The number of hydrogen-bond acceptors (Lipinski definition) is 4. The Morgan fingerprint density at radius 1 is 1.43 bits per heavy atom. The van der Waals surface area contributed by atoms with Gasteiger partial charge in [0.2, 0.25) is 11.8 Å². The number of carbonyl (C=O) groups excluding carboxylic acids is 3. The first-order chi connectivity index (χ1) is 10.1. The first-order valence-corrected chi connectivity index (χ1v) is 7.87. The van der Waals surface area contributed by atoms with Crippen molar-refractivity contribution >= 4 is 18.1 Å². The van der Waals surface area contributed by atoms with E-state index in [1.807, 2.05) is 0 Å². The molecule has 116 valence electrons. The first-order valence-electron chi connectivity index (χ1n) is 7.87. The van der Waals surface area contributed by atoms with Crippen LogP contribution in [0.15, 0.2) is 0 Å². The highest BCUT2D eigenvalue weighted by molar-refractivity contribution is 5.90. The minimum atomic E-state index is -0.953. The average Bonchev–Trinajstić information content (AvgIpc) is 3.13. The monoisotopic (exact) mass is 293 g/mol. The summed E-state index contributed by atoms with van der Waals surface area (Å²) in [7, 11) is 0. The molecular weight excluding hydrogens is 270 g/mol. The van der Waals surface area contributed by atoms with Crippen molar-refractivity contribution in [1.29, 1.82) is 0 Å². The summed E-state index contributed by atoms with van der Waals surface area (Å²) in [5.74, 6) is -0.586. The predicted octanol–water partition coefficient (Wildman–Crippen LogP) is -0.429. The van der Waals surface area contributed by atoms with Crippen molar-refractivity contribution in [2.45, 2.75) is 37.6 Å². The predicted molar refractivity (Wildman–Crippen MR) is 76.0 cm³/mol. The molecule has 5 atom stereocenters. The van der Waals surface area contributed by atoms with Crippen LogP contribution in [0, 0.1) is 23.7 Å². The standard InChI is InChI=1S/C15H23N3O3/c16-14(21)15(12-3-1-2-10(12)7-18-15)11(8-19)6-9-4-5-17-13(9)20/h8-12,18H,1-7H2,(H2,16,21)(H,17,20)/t9-,10?,11-,12?,15?/m1/s1. The Bertz CT molecular complexity index is 467. The molecule has 0 bridgehead atoms. The molecule has 2 amide bonds. The normalized spacial score (nSPS) is 39.8. The Hall–Kier alpha value is -1.43. The highest BCUT2D eigenvalue weighted by Crippen LogP contribution is 2.47. The van der Waals surface area contributed by atoms with E-state index in [-0.39, 0.29) is 17.7 Å². The molecule has 4 N–H and O–H groups in total. The molecule has 0 aromatic rings. The zero-order chi connectivity index (χ0) is 15.0. The number of primary amides is 1. The van der Waals surface area contributed by atoms with Gasteiger partial charge in [0.05, 0.1) is 0 Å². The summed E-state index contributed by atoms with van der Waals surface area (Å²) in [5.41, 5.74) is 4.76. The Kier molecular flexibility index (Phi) is 3.73. The van der Waals surface area contributed by atoms with Gasteiger partial charge in [0.1, 0.15) is 11.8 Å². The van der Waals surface area contributed by atoms with Gasteiger partial charge in [-0.3, -0.25) is 9.59 Å². The summed E-state index contributed by atoms with van der Waals surface area (Å²) in [4.78, 5) is 35.7. The number of amides is 2. The van der Waals surface area contributed by atoms with E-state index < -0.39 is 17.4 Å². The Morgan fingerprint density at radius 3 is 2.86 bits per heavy atom. The van der Waals surface area contributed by atoms with Crippen molar-refractivity contribution in [3.63, 3.8) is 0 Å². The molecule has 6 heteroatoms. The summed E-state index contributed by atoms with van der Waals surface area (Å²) in [6.45, 7) is 1.40. The molecule has 1 aliphatic carbocycles. The molecule has 3 rings (SSSR count). The summed E-state index contributed by atoms with van der Waals surface area (Å²) >= 11 is 0. The fourth-order valence-electron chi connectivity index (χ4n) is 4.70. The van der Waals surface area contributed by atoms with Crippen molar-refractivity contribution in [2.24, 2.45) is 29.4 Å². The maximum Gasteiger partial charge on any atom is 0.238 e. The molecule has 0 spiro atoms. The number of rotatable bonds is 5. The summed E-state index contributed by atoms with van der Waals surface area (Å²) in [6.07, 6.45) is 5.08. The topological polar surface area (TPSA) is 101 Å². The van der Waals surface area contributed by atoms with E-state index in [1.165, 1.54) is 0 Å². The third kappa shape index (κ3) is 2.16. The van der Waals surface area contributed by atoms with Gasteiger partial charge >= 0.3 is 0 Å². The van der Waals surface area contributed by atoms with E-state index in [0.29, 0.717) is 18.9 Å². The maximum absolute atomic E-state index is 12.2. The summed E-state index contributed by atoms with van der Waals surface area (Å²) in [5, 5.41) is 6.06. The number of fused-ring (bicyclic) bond motifs is 1. The van der Waals surface area contributed by atoms with Crippen LogP contribution in [0.1, 0.15) is 32.1 Å². The maximum atomic E-state index is 12.2. The summed E-state index contributed by atoms with van der Waals surface area (Å²) < 4.78 is 0. The van der Waals surface area contributed by atoms with Crippen molar-refractivity contribution in [3.8, 4) is 0 Å². The van der Waals surface area contributed by atoms with Crippen LogP contribution in [0.2, 0.25) is 0 Å². The molecule has 0 aromatic carbocycles. The minimum Gasteiger partial charge on any atom is -0.368 e. The number of nitrogens with two attached hydrogens (primary N) is 1. The van der Waals surface area contributed by atoms with Crippen molar-refractivity contribution in [3.05, 3.63) is 0 Å². The second-order valence-corrected chi connectivity index (χ2v) is 6.67. The lowest BCUT2D eigenvalue weighted by Crippen LogP contribution is -2.61. The Balaban J connectivity index is 1.86. The van der Waals surface area contributed by atoms with Gasteiger partial charge in [0.15, 0.2) is 0 Å². The van der Waals surface area contributed by atoms with E-state index in [9.17, 15) is 14.4 Å². The molecule has 21 heavy (non-hydrogen) atoms. The molecule has 2 saturated heterocycles. The number of carbonyl (C=O) groups is 3. The Morgan fingerprint density at radius 2 is 2.24 bits per heavy atom. The van der Waals surface area contributed by atoms with Crippen molar-refractivity contribution in [2.75, 3.05) is 13.1 Å². The van der Waals surface area contributed by atoms with Crippen LogP contribution in [0.4, 0.5) is 0 Å². The van der Waals surface area contributed by atoms with Gasteiger partial charge in [0.25, 0.3) is 0 Å². The van der Waals surface area contributed by atoms with E-state index in [4.69, 9.17) is 5.73 Å². The largest absolute Gasteiger partial charge is 0.368 e. The van der Waals surface area contributed by atoms with E-state index in [2.05, 4.69) is 10.6 Å². The van der Waals surface area contributed by atoms with Gasteiger partial charge in [0, 0.05) is 18.4 Å². The lowest BCUT2D eigenvalue weighted by atomic mass is 9.70. The van der Waals surface area contributed by atoms with E-state index in [1.54, 1.807) is 0 Å². The molecular formula is C15H23N3O3. The lowest BCUT2D eigenvalue weighted by molar-refractivity contribution is -0.133. The van der Waals surface area contributed by atoms with Crippen LogP contribution in [0.3, 0.4) is 0 Å². The van der Waals surface area contributed by atoms with E-state index in [0.717, 1.165) is 38.5 Å². The van der Waals surface area contributed by atoms with E-state index >= 15 is 0 Å². The first kappa shape index (κ1) is 14.5. The van der Waals surface area contributed by atoms with Crippen molar-refractivity contribution < 1.29 is 14.4 Å². The molecule has 0 aromatic heterocycles. The zero-order valence-electron chi connectivity index (χ0n) is 12.1. The molecule has 2 heterocycles. The highest BCUT2D eigenvalue weighted by Gasteiger charge is 2.58.